The number of hydrogen-bond donors (Lipinski definition) is 0. The number of allylic oxidation sites excluding steroid dienone is 3. The van der Waals surface area contributed by atoms with Gasteiger partial charge in [-0.3, -0.25) is 9.59 Å². The first-order valence-corrected chi connectivity index (χ1v) is 6.31. The molecule has 0 saturated heterocycles. The molecule has 0 spiro atoms. The summed E-state index contributed by atoms with van der Waals surface area (Å²) >= 11 is 0. The van der Waals surface area contributed by atoms with E-state index in [1.807, 2.05) is 0 Å². The van der Waals surface area contributed by atoms with E-state index in [1.165, 1.54) is 5.57 Å². The van der Waals surface area contributed by atoms with Crippen LogP contribution >= 0.6 is 0 Å². The van der Waals surface area contributed by atoms with Crippen LogP contribution in [0.1, 0.15) is 40.0 Å². The van der Waals surface area contributed by atoms with Gasteiger partial charge in [-0.25, -0.2) is 0 Å². The lowest BCUT2D eigenvalue weighted by molar-refractivity contribution is -0.124. The molecule has 0 aromatic rings. The Balaban J connectivity index is 2.42. The number of Topliss-reactive ketones (excluding diaryl/α,β-unsaturated/α-hetero) is 1. The summed E-state index contributed by atoms with van der Waals surface area (Å²) in [6, 6.07) is 0. The van der Waals surface area contributed by atoms with Gasteiger partial charge in [-0.15, -0.1) is 0 Å². The summed E-state index contributed by atoms with van der Waals surface area (Å²) in [6.45, 7) is 9.80. The Hall–Kier alpha value is -1.18. The number of ketones is 2. The summed E-state index contributed by atoms with van der Waals surface area (Å²) < 4.78 is 0. The first kappa shape index (κ1) is 12.3. The predicted molar refractivity (Wildman–Crippen MR) is 67.5 cm³/mol. The van der Waals surface area contributed by atoms with Crippen LogP contribution in [0.15, 0.2) is 23.8 Å². The zero-order chi connectivity index (χ0) is 12.8. The van der Waals surface area contributed by atoms with Gasteiger partial charge in [0.05, 0.1) is 0 Å². The molecule has 0 heterocycles. The van der Waals surface area contributed by atoms with Crippen LogP contribution in [0.5, 0.6) is 0 Å². The highest BCUT2D eigenvalue weighted by Gasteiger charge is 2.51. The third-order valence-corrected chi connectivity index (χ3v) is 4.72. The fourth-order valence-corrected chi connectivity index (χ4v) is 3.45. The van der Waals surface area contributed by atoms with Crippen LogP contribution in [0.4, 0.5) is 0 Å². The van der Waals surface area contributed by atoms with Crippen molar-refractivity contribution in [3.63, 3.8) is 0 Å². The van der Waals surface area contributed by atoms with Gasteiger partial charge in [0.1, 0.15) is 0 Å². The fourth-order valence-electron chi connectivity index (χ4n) is 3.45. The standard InChI is InChI=1S/C15H20O2/c1-9(2)14(17)13-6-5-11-8-12(16)7-10(3)15(11,13)4/h8,10,13H,1,5-7H2,2-4H3/t10-,13+,15+/m0/s1. The van der Waals surface area contributed by atoms with Gasteiger partial charge in [-0.05, 0) is 37.3 Å². The van der Waals surface area contributed by atoms with Gasteiger partial charge in [0, 0.05) is 17.8 Å². The quantitative estimate of drug-likeness (QED) is 0.686. The number of carbonyl (C=O) groups is 2. The van der Waals surface area contributed by atoms with Crippen molar-refractivity contribution >= 4 is 11.6 Å². The molecule has 2 nitrogen and oxygen atoms in total. The van der Waals surface area contributed by atoms with Crippen molar-refractivity contribution in [1.29, 1.82) is 0 Å². The molecule has 0 amide bonds. The van der Waals surface area contributed by atoms with E-state index >= 15 is 0 Å². The SMILES string of the molecule is C=C(C)C(=O)[C@H]1CCC2=CC(=O)C[C@H](C)[C@]21C. The average molecular weight is 232 g/mol. The number of rotatable bonds is 2. The number of carbonyl (C=O) groups excluding carboxylic acids is 2. The molecule has 2 rings (SSSR count). The van der Waals surface area contributed by atoms with Crippen molar-refractivity contribution in [3.8, 4) is 0 Å². The molecular weight excluding hydrogens is 212 g/mol. The lowest BCUT2D eigenvalue weighted by atomic mass is 9.62. The van der Waals surface area contributed by atoms with E-state index in [2.05, 4.69) is 20.4 Å². The second-order valence-electron chi connectivity index (χ2n) is 5.76. The van der Waals surface area contributed by atoms with Crippen molar-refractivity contribution in [3.05, 3.63) is 23.8 Å². The van der Waals surface area contributed by atoms with Crippen molar-refractivity contribution in [1.82, 2.24) is 0 Å². The highest BCUT2D eigenvalue weighted by Crippen LogP contribution is 2.55. The molecule has 0 aromatic heterocycles. The summed E-state index contributed by atoms with van der Waals surface area (Å²) in [5.41, 5.74) is 1.70. The van der Waals surface area contributed by atoms with Crippen LogP contribution < -0.4 is 0 Å². The van der Waals surface area contributed by atoms with Gasteiger partial charge in [-0.2, -0.15) is 0 Å². The Bertz CT molecular complexity index is 430. The second kappa shape index (κ2) is 3.94. The van der Waals surface area contributed by atoms with Gasteiger partial charge < -0.3 is 0 Å². The van der Waals surface area contributed by atoms with E-state index in [0.29, 0.717) is 12.0 Å². The topological polar surface area (TPSA) is 34.1 Å². The third-order valence-electron chi connectivity index (χ3n) is 4.72. The van der Waals surface area contributed by atoms with Crippen LogP contribution in [-0.2, 0) is 9.59 Å². The predicted octanol–water partition coefficient (Wildman–Crippen LogP) is 3.08. The molecule has 0 aromatic carbocycles. The molecule has 92 valence electrons. The minimum absolute atomic E-state index is 0.0225. The zero-order valence-electron chi connectivity index (χ0n) is 10.9. The van der Waals surface area contributed by atoms with Gasteiger partial charge in [0.25, 0.3) is 0 Å². The Labute approximate surface area is 103 Å². The molecule has 0 bridgehead atoms. The van der Waals surface area contributed by atoms with Gasteiger partial charge in [0.15, 0.2) is 11.6 Å². The van der Waals surface area contributed by atoms with Crippen LogP contribution in [0.25, 0.3) is 0 Å². The monoisotopic (exact) mass is 232 g/mol. The molecule has 0 unspecified atom stereocenters. The van der Waals surface area contributed by atoms with Crippen LogP contribution in [-0.4, -0.2) is 11.6 Å². The molecule has 0 N–H and O–H groups in total. The molecule has 3 atom stereocenters. The molecule has 0 radical (unpaired) electrons. The smallest absolute Gasteiger partial charge is 0.161 e. The fraction of sp³-hybridized carbons (Fsp3) is 0.600. The van der Waals surface area contributed by atoms with Crippen molar-refractivity contribution in [2.45, 2.75) is 40.0 Å². The van der Waals surface area contributed by atoms with Crippen LogP contribution in [0.2, 0.25) is 0 Å². The Morgan fingerprint density at radius 2 is 2.18 bits per heavy atom. The lowest BCUT2D eigenvalue weighted by Gasteiger charge is -2.40. The van der Waals surface area contributed by atoms with Crippen molar-refractivity contribution in [2.24, 2.45) is 17.3 Å². The summed E-state index contributed by atoms with van der Waals surface area (Å²) in [5.74, 6) is 0.672. The summed E-state index contributed by atoms with van der Waals surface area (Å²) in [7, 11) is 0. The number of hydrogen-bond acceptors (Lipinski definition) is 2. The highest BCUT2D eigenvalue weighted by atomic mass is 16.1. The molecule has 0 aliphatic heterocycles. The van der Waals surface area contributed by atoms with Gasteiger partial charge >= 0.3 is 0 Å². The number of fused-ring (bicyclic) bond motifs is 1. The zero-order valence-corrected chi connectivity index (χ0v) is 10.9. The van der Waals surface area contributed by atoms with E-state index in [9.17, 15) is 9.59 Å². The molecule has 1 fully saturated rings. The Morgan fingerprint density at radius 1 is 1.53 bits per heavy atom. The molecule has 1 saturated carbocycles. The van der Waals surface area contributed by atoms with E-state index in [1.54, 1.807) is 13.0 Å². The van der Waals surface area contributed by atoms with E-state index < -0.39 is 0 Å². The molecule has 2 aliphatic carbocycles. The second-order valence-corrected chi connectivity index (χ2v) is 5.76. The maximum atomic E-state index is 12.2. The molecular formula is C15H20O2. The summed E-state index contributed by atoms with van der Waals surface area (Å²) in [5, 5.41) is 0. The first-order valence-electron chi connectivity index (χ1n) is 6.31. The maximum absolute atomic E-state index is 12.2. The van der Waals surface area contributed by atoms with Gasteiger partial charge in [-0.1, -0.05) is 26.0 Å². The molecule has 2 heteroatoms. The minimum Gasteiger partial charge on any atom is -0.295 e. The largest absolute Gasteiger partial charge is 0.295 e. The van der Waals surface area contributed by atoms with Crippen molar-refractivity contribution in [2.75, 3.05) is 0 Å². The van der Waals surface area contributed by atoms with E-state index in [0.717, 1.165) is 12.8 Å². The average Bonchev–Trinajstić information content (AvgIpc) is 2.56. The Kier molecular flexibility index (Phi) is 2.84. The van der Waals surface area contributed by atoms with Crippen LogP contribution in [0.3, 0.4) is 0 Å². The highest BCUT2D eigenvalue weighted by molar-refractivity contribution is 5.98. The normalized spacial score (nSPS) is 36.4. The Morgan fingerprint density at radius 3 is 2.76 bits per heavy atom. The van der Waals surface area contributed by atoms with E-state index in [-0.39, 0.29) is 28.8 Å². The van der Waals surface area contributed by atoms with Crippen LogP contribution in [0, 0.1) is 17.3 Å². The summed E-state index contributed by atoms with van der Waals surface area (Å²) in [4.78, 5) is 23.8. The third kappa shape index (κ3) is 1.70. The van der Waals surface area contributed by atoms with Gasteiger partial charge in [0.2, 0.25) is 0 Å². The minimum atomic E-state index is -0.121. The molecule has 2 aliphatic rings. The van der Waals surface area contributed by atoms with E-state index in [4.69, 9.17) is 0 Å². The first-order chi connectivity index (χ1) is 7.87. The maximum Gasteiger partial charge on any atom is 0.161 e. The van der Waals surface area contributed by atoms with Crippen molar-refractivity contribution < 1.29 is 9.59 Å². The summed E-state index contributed by atoms with van der Waals surface area (Å²) in [6.07, 6.45) is 4.10. The molecule has 17 heavy (non-hydrogen) atoms. The lowest BCUT2D eigenvalue weighted by Crippen LogP contribution is -2.39.